The van der Waals surface area contributed by atoms with Crippen molar-refractivity contribution < 1.29 is 9.59 Å². The summed E-state index contributed by atoms with van der Waals surface area (Å²) in [6.07, 6.45) is 8.19. The minimum absolute atomic E-state index is 0.0115. The van der Waals surface area contributed by atoms with E-state index in [2.05, 4.69) is 36.0 Å². The molecule has 1 atom stereocenters. The molecule has 33 heavy (non-hydrogen) atoms. The molecule has 184 valence electrons. The minimum Gasteiger partial charge on any atom is -0.352 e. The third-order valence-electron chi connectivity index (χ3n) is 7.22. The molecule has 0 spiro atoms. The Balaban J connectivity index is 1.82. The first-order valence-electron chi connectivity index (χ1n) is 13.0. The van der Waals surface area contributed by atoms with Crippen LogP contribution in [0, 0.1) is 5.92 Å². The summed E-state index contributed by atoms with van der Waals surface area (Å²) in [5.41, 5.74) is 2.72. The van der Waals surface area contributed by atoms with Crippen LogP contribution < -0.4 is 10.2 Å². The lowest BCUT2D eigenvalue weighted by Gasteiger charge is -2.31. The summed E-state index contributed by atoms with van der Waals surface area (Å²) in [6.45, 7) is 11.6. The Kier molecular flexibility index (Phi) is 9.75. The van der Waals surface area contributed by atoms with Crippen molar-refractivity contribution in [3.8, 4) is 0 Å². The number of amides is 2. The second-order valence-corrected chi connectivity index (χ2v) is 10.3. The number of nitrogens with zero attached hydrogens (tertiary/aromatic N) is 3. The molecule has 0 saturated carbocycles. The quantitative estimate of drug-likeness (QED) is 0.735. The minimum atomic E-state index is -0.0115. The maximum atomic E-state index is 13.0. The molecule has 0 radical (unpaired) electrons. The average molecular weight is 457 g/mol. The standard InChI is InChI=1S/C27H44N4O2/c1-21(2)30-15-8-6-5-7-9-16-31(22(3)32)26-13-12-24(17-25(26)20-30)27(33)28-18-23-11-10-14-29(4)19-23/h12-13,17,21,23H,5-11,14-16,18-20H2,1-4H3,(H,28,33). The molecule has 1 aromatic rings. The van der Waals surface area contributed by atoms with Crippen LogP contribution in [-0.2, 0) is 11.3 Å². The highest BCUT2D eigenvalue weighted by Gasteiger charge is 2.22. The number of fused-ring (bicyclic) bond motifs is 1. The SMILES string of the molecule is CC(=O)N1CCCCCCCN(C(C)C)Cc2cc(C(=O)NCC3CCCN(C)C3)ccc21. The lowest BCUT2D eigenvalue weighted by atomic mass is 9.98. The van der Waals surface area contributed by atoms with Crippen molar-refractivity contribution in [3.05, 3.63) is 29.3 Å². The summed E-state index contributed by atoms with van der Waals surface area (Å²) < 4.78 is 0. The van der Waals surface area contributed by atoms with Gasteiger partial charge in [0.1, 0.15) is 0 Å². The van der Waals surface area contributed by atoms with Crippen molar-refractivity contribution >= 4 is 17.5 Å². The van der Waals surface area contributed by atoms with Crippen LogP contribution in [0.3, 0.4) is 0 Å². The number of anilines is 1. The van der Waals surface area contributed by atoms with Crippen LogP contribution in [0.25, 0.3) is 0 Å². The molecule has 2 heterocycles. The number of carbonyl (C=O) groups is 2. The van der Waals surface area contributed by atoms with Crippen molar-refractivity contribution in [1.29, 1.82) is 0 Å². The lowest BCUT2D eigenvalue weighted by Crippen LogP contribution is -2.39. The first kappa shape index (κ1) is 25.7. The Labute approximate surface area is 200 Å². The number of nitrogens with one attached hydrogen (secondary N) is 1. The van der Waals surface area contributed by atoms with Crippen LogP contribution in [0.1, 0.15) is 81.6 Å². The van der Waals surface area contributed by atoms with Crippen molar-refractivity contribution in [1.82, 2.24) is 15.1 Å². The van der Waals surface area contributed by atoms with E-state index in [-0.39, 0.29) is 11.8 Å². The molecule has 0 aliphatic carbocycles. The predicted molar refractivity (Wildman–Crippen MR) is 136 cm³/mol. The summed E-state index contributed by atoms with van der Waals surface area (Å²) in [6, 6.07) is 6.31. The summed E-state index contributed by atoms with van der Waals surface area (Å²) in [5, 5.41) is 3.17. The predicted octanol–water partition coefficient (Wildman–Crippen LogP) is 4.29. The Hall–Kier alpha value is -1.92. The fourth-order valence-corrected chi connectivity index (χ4v) is 5.20. The fourth-order valence-electron chi connectivity index (χ4n) is 5.20. The molecule has 2 aliphatic heterocycles. The average Bonchev–Trinajstić information content (AvgIpc) is 2.77. The van der Waals surface area contributed by atoms with Crippen molar-refractivity contribution in [3.63, 3.8) is 0 Å². The zero-order valence-electron chi connectivity index (χ0n) is 21.2. The third kappa shape index (κ3) is 7.54. The Morgan fingerprint density at radius 2 is 1.76 bits per heavy atom. The monoisotopic (exact) mass is 456 g/mol. The zero-order chi connectivity index (χ0) is 23.8. The highest BCUT2D eigenvalue weighted by atomic mass is 16.2. The molecular formula is C27H44N4O2. The molecule has 1 fully saturated rings. The second-order valence-electron chi connectivity index (χ2n) is 10.3. The van der Waals surface area contributed by atoms with Crippen molar-refractivity contribution in [2.75, 3.05) is 44.7 Å². The summed E-state index contributed by atoms with van der Waals surface area (Å²) in [5.74, 6) is 0.576. The first-order valence-corrected chi connectivity index (χ1v) is 13.0. The van der Waals surface area contributed by atoms with Gasteiger partial charge in [0.2, 0.25) is 5.91 Å². The second kappa shape index (κ2) is 12.5. The van der Waals surface area contributed by atoms with Crippen LogP contribution in [0.2, 0.25) is 0 Å². The van der Waals surface area contributed by atoms with Gasteiger partial charge >= 0.3 is 0 Å². The van der Waals surface area contributed by atoms with E-state index in [0.29, 0.717) is 17.5 Å². The van der Waals surface area contributed by atoms with E-state index in [1.165, 1.54) is 32.1 Å². The van der Waals surface area contributed by atoms with Gasteiger partial charge in [0, 0.05) is 50.4 Å². The van der Waals surface area contributed by atoms with Gasteiger partial charge in [-0.2, -0.15) is 0 Å². The molecule has 2 aliphatic rings. The van der Waals surface area contributed by atoms with E-state index in [0.717, 1.165) is 63.4 Å². The maximum absolute atomic E-state index is 13.0. The molecule has 0 bridgehead atoms. The van der Waals surface area contributed by atoms with Crippen LogP contribution in [-0.4, -0.2) is 67.4 Å². The molecule has 2 amide bonds. The topological polar surface area (TPSA) is 55.9 Å². The van der Waals surface area contributed by atoms with E-state index in [1.807, 2.05) is 23.1 Å². The maximum Gasteiger partial charge on any atom is 0.251 e. The van der Waals surface area contributed by atoms with Gasteiger partial charge in [-0.1, -0.05) is 19.3 Å². The fraction of sp³-hybridized carbons (Fsp3) is 0.704. The van der Waals surface area contributed by atoms with Crippen LogP contribution in [0.4, 0.5) is 5.69 Å². The molecule has 1 saturated heterocycles. The molecule has 3 rings (SSSR count). The number of likely N-dealkylation sites (tertiary alicyclic amines) is 1. The van der Waals surface area contributed by atoms with E-state index in [4.69, 9.17) is 0 Å². The highest BCUT2D eigenvalue weighted by Crippen LogP contribution is 2.27. The highest BCUT2D eigenvalue weighted by molar-refractivity contribution is 5.97. The number of hydrogen-bond acceptors (Lipinski definition) is 4. The summed E-state index contributed by atoms with van der Waals surface area (Å²) >= 11 is 0. The van der Waals surface area contributed by atoms with E-state index in [9.17, 15) is 9.59 Å². The Morgan fingerprint density at radius 1 is 1.03 bits per heavy atom. The Bertz CT molecular complexity index is 794. The van der Waals surface area contributed by atoms with Gasteiger partial charge in [0.25, 0.3) is 5.91 Å². The molecule has 1 N–H and O–H groups in total. The van der Waals surface area contributed by atoms with Crippen molar-refractivity contribution in [2.45, 2.75) is 78.3 Å². The molecule has 1 aromatic carbocycles. The number of carbonyl (C=O) groups excluding carboxylic acids is 2. The van der Waals surface area contributed by atoms with Gasteiger partial charge in [-0.3, -0.25) is 14.5 Å². The van der Waals surface area contributed by atoms with Crippen LogP contribution in [0.15, 0.2) is 18.2 Å². The van der Waals surface area contributed by atoms with Gasteiger partial charge < -0.3 is 15.1 Å². The normalized spacial score (nSPS) is 21.7. The summed E-state index contributed by atoms with van der Waals surface area (Å²) in [4.78, 5) is 32.3. The lowest BCUT2D eigenvalue weighted by molar-refractivity contribution is -0.116. The number of rotatable bonds is 4. The van der Waals surface area contributed by atoms with Gasteiger partial charge in [-0.25, -0.2) is 0 Å². The van der Waals surface area contributed by atoms with E-state index >= 15 is 0 Å². The van der Waals surface area contributed by atoms with Crippen LogP contribution >= 0.6 is 0 Å². The smallest absolute Gasteiger partial charge is 0.251 e. The molecular weight excluding hydrogens is 412 g/mol. The molecule has 0 aromatic heterocycles. The summed E-state index contributed by atoms with van der Waals surface area (Å²) in [7, 11) is 2.15. The third-order valence-corrected chi connectivity index (χ3v) is 7.22. The molecule has 1 unspecified atom stereocenters. The number of piperidine rings is 1. The van der Waals surface area contributed by atoms with Gasteiger partial charge in [-0.15, -0.1) is 0 Å². The van der Waals surface area contributed by atoms with Gasteiger partial charge in [0.15, 0.2) is 0 Å². The van der Waals surface area contributed by atoms with Crippen molar-refractivity contribution in [2.24, 2.45) is 5.92 Å². The first-order chi connectivity index (χ1) is 15.8. The largest absolute Gasteiger partial charge is 0.352 e. The number of hydrogen-bond donors (Lipinski definition) is 1. The van der Waals surface area contributed by atoms with E-state index < -0.39 is 0 Å². The van der Waals surface area contributed by atoms with Gasteiger partial charge in [-0.05, 0) is 89.3 Å². The van der Waals surface area contributed by atoms with Gasteiger partial charge in [0.05, 0.1) is 0 Å². The van der Waals surface area contributed by atoms with E-state index in [1.54, 1.807) is 6.92 Å². The molecule has 6 nitrogen and oxygen atoms in total. The zero-order valence-corrected chi connectivity index (χ0v) is 21.2. The number of benzene rings is 1. The van der Waals surface area contributed by atoms with Crippen LogP contribution in [0.5, 0.6) is 0 Å². The molecule has 6 heteroatoms. The Morgan fingerprint density at radius 3 is 2.45 bits per heavy atom.